The highest BCUT2D eigenvalue weighted by Gasteiger charge is 2.32. The number of hydrogen-bond acceptors (Lipinski definition) is 2. The Labute approximate surface area is 94.4 Å². The predicted octanol–water partition coefficient (Wildman–Crippen LogP) is 2.10. The van der Waals surface area contributed by atoms with Crippen LogP contribution in [0, 0.1) is 11.8 Å². The molecule has 0 aromatic heterocycles. The van der Waals surface area contributed by atoms with Crippen LogP contribution in [0.3, 0.4) is 0 Å². The van der Waals surface area contributed by atoms with E-state index in [0.717, 1.165) is 23.9 Å². The lowest BCUT2D eigenvalue weighted by atomic mass is 9.87. The van der Waals surface area contributed by atoms with Crippen LogP contribution in [0.5, 0.6) is 0 Å². The van der Waals surface area contributed by atoms with Crippen LogP contribution >= 0.6 is 0 Å². The van der Waals surface area contributed by atoms with Crippen LogP contribution in [0.15, 0.2) is 0 Å². The number of hydrogen-bond donors (Lipinski definition) is 1. The number of piperidine rings is 2. The second-order valence-electron chi connectivity index (χ2n) is 5.75. The van der Waals surface area contributed by atoms with Gasteiger partial charge in [-0.15, -0.1) is 0 Å². The van der Waals surface area contributed by atoms with Gasteiger partial charge in [0.2, 0.25) is 0 Å². The first kappa shape index (κ1) is 11.4. The molecule has 0 aliphatic carbocycles. The van der Waals surface area contributed by atoms with Crippen molar-refractivity contribution in [3.63, 3.8) is 0 Å². The van der Waals surface area contributed by atoms with Crippen molar-refractivity contribution in [3.8, 4) is 0 Å². The predicted molar refractivity (Wildman–Crippen MR) is 65.0 cm³/mol. The first-order chi connectivity index (χ1) is 7.18. The third kappa shape index (κ3) is 2.54. The summed E-state index contributed by atoms with van der Waals surface area (Å²) in [7, 11) is 0. The zero-order chi connectivity index (χ0) is 10.8. The van der Waals surface area contributed by atoms with Crippen LogP contribution in [-0.2, 0) is 0 Å². The van der Waals surface area contributed by atoms with E-state index >= 15 is 0 Å². The van der Waals surface area contributed by atoms with Crippen LogP contribution in [0.1, 0.15) is 40.0 Å². The fraction of sp³-hybridized carbons (Fsp3) is 1.00. The molecule has 1 N–H and O–H groups in total. The second kappa shape index (κ2) is 4.84. The van der Waals surface area contributed by atoms with Gasteiger partial charge in [-0.05, 0) is 57.7 Å². The normalized spacial score (nSPS) is 44.2. The highest BCUT2D eigenvalue weighted by Crippen LogP contribution is 2.28. The minimum absolute atomic E-state index is 0.805. The van der Waals surface area contributed by atoms with E-state index in [1.807, 2.05) is 0 Å². The van der Waals surface area contributed by atoms with Gasteiger partial charge in [-0.3, -0.25) is 4.90 Å². The lowest BCUT2D eigenvalue weighted by Crippen LogP contribution is -2.54. The third-order valence-electron chi connectivity index (χ3n) is 4.36. The standard InChI is InChI=1S/C13H26N2/c1-10-5-7-15(12(3)8-10)13-4-6-14-9-11(13)2/h10-14H,4-9H2,1-3H3. The van der Waals surface area contributed by atoms with Gasteiger partial charge in [-0.1, -0.05) is 13.8 Å². The molecule has 0 spiro atoms. The van der Waals surface area contributed by atoms with E-state index in [9.17, 15) is 0 Å². The molecule has 0 radical (unpaired) electrons. The van der Waals surface area contributed by atoms with Crippen LogP contribution < -0.4 is 5.32 Å². The van der Waals surface area contributed by atoms with Gasteiger partial charge in [-0.25, -0.2) is 0 Å². The van der Waals surface area contributed by atoms with E-state index in [4.69, 9.17) is 0 Å². The Kier molecular flexibility index (Phi) is 3.68. The van der Waals surface area contributed by atoms with Crippen molar-refractivity contribution in [1.82, 2.24) is 10.2 Å². The minimum Gasteiger partial charge on any atom is -0.316 e. The summed E-state index contributed by atoms with van der Waals surface area (Å²) in [5, 5.41) is 3.50. The van der Waals surface area contributed by atoms with Gasteiger partial charge in [0.25, 0.3) is 0 Å². The fourth-order valence-electron chi connectivity index (χ4n) is 3.41. The molecule has 2 saturated heterocycles. The van der Waals surface area contributed by atoms with Crippen molar-refractivity contribution in [3.05, 3.63) is 0 Å². The molecule has 2 aliphatic rings. The molecule has 0 saturated carbocycles. The van der Waals surface area contributed by atoms with Crippen LogP contribution in [0.25, 0.3) is 0 Å². The molecule has 0 bridgehead atoms. The van der Waals surface area contributed by atoms with Crippen molar-refractivity contribution in [1.29, 1.82) is 0 Å². The SMILES string of the molecule is CC1CCN(C2CCNCC2C)C(C)C1. The van der Waals surface area contributed by atoms with Gasteiger partial charge in [0.15, 0.2) is 0 Å². The van der Waals surface area contributed by atoms with Crippen LogP contribution in [0.2, 0.25) is 0 Å². The van der Waals surface area contributed by atoms with E-state index in [1.54, 1.807) is 0 Å². The number of rotatable bonds is 1. The Morgan fingerprint density at radius 3 is 2.60 bits per heavy atom. The van der Waals surface area contributed by atoms with Crippen molar-refractivity contribution in [2.24, 2.45) is 11.8 Å². The van der Waals surface area contributed by atoms with Crippen molar-refractivity contribution >= 4 is 0 Å². The molecule has 2 rings (SSSR count). The summed E-state index contributed by atoms with van der Waals surface area (Å²) in [5.41, 5.74) is 0. The van der Waals surface area contributed by atoms with Gasteiger partial charge in [-0.2, -0.15) is 0 Å². The minimum atomic E-state index is 0.805. The fourth-order valence-corrected chi connectivity index (χ4v) is 3.41. The highest BCUT2D eigenvalue weighted by atomic mass is 15.2. The Bertz CT molecular complexity index is 205. The average molecular weight is 210 g/mol. The largest absolute Gasteiger partial charge is 0.316 e. The van der Waals surface area contributed by atoms with E-state index < -0.39 is 0 Å². The maximum absolute atomic E-state index is 3.50. The lowest BCUT2D eigenvalue weighted by molar-refractivity contribution is 0.0412. The van der Waals surface area contributed by atoms with E-state index in [0.29, 0.717) is 0 Å². The molecule has 88 valence electrons. The van der Waals surface area contributed by atoms with Crippen molar-refractivity contribution in [2.45, 2.75) is 52.1 Å². The highest BCUT2D eigenvalue weighted by molar-refractivity contribution is 4.88. The Hall–Kier alpha value is -0.0800. The monoisotopic (exact) mass is 210 g/mol. The maximum Gasteiger partial charge on any atom is 0.0148 e. The smallest absolute Gasteiger partial charge is 0.0148 e. The summed E-state index contributed by atoms with van der Waals surface area (Å²) >= 11 is 0. The Morgan fingerprint density at radius 2 is 1.93 bits per heavy atom. The number of nitrogens with zero attached hydrogens (tertiary/aromatic N) is 1. The maximum atomic E-state index is 3.50. The van der Waals surface area contributed by atoms with E-state index in [2.05, 4.69) is 31.0 Å². The van der Waals surface area contributed by atoms with Crippen molar-refractivity contribution in [2.75, 3.05) is 19.6 Å². The van der Waals surface area contributed by atoms with Crippen molar-refractivity contribution < 1.29 is 0 Å². The molecule has 4 atom stereocenters. The quantitative estimate of drug-likeness (QED) is 0.713. The summed E-state index contributed by atoms with van der Waals surface area (Å²) in [6, 6.07) is 1.65. The molecule has 15 heavy (non-hydrogen) atoms. The summed E-state index contributed by atoms with van der Waals surface area (Å²) < 4.78 is 0. The van der Waals surface area contributed by atoms with Gasteiger partial charge in [0, 0.05) is 12.1 Å². The second-order valence-corrected chi connectivity index (χ2v) is 5.75. The molecule has 0 aromatic rings. The molecule has 2 nitrogen and oxygen atoms in total. The first-order valence-corrected chi connectivity index (χ1v) is 6.65. The zero-order valence-corrected chi connectivity index (χ0v) is 10.5. The lowest BCUT2D eigenvalue weighted by Gasteiger charge is -2.46. The summed E-state index contributed by atoms with van der Waals surface area (Å²) in [6.07, 6.45) is 4.15. The molecular formula is C13H26N2. The van der Waals surface area contributed by atoms with Gasteiger partial charge in [0.05, 0.1) is 0 Å². The number of nitrogens with one attached hydrogen (secondary N) is 1. The Balaban J connectivity index is 1.96. The zero-order valence-electron chi connectivity index (χ0n) is 10.5. The average Bonchev–Trinajstić information content (AvgIpc) is 2.20. The van der Waals surface area contributed by atoms with Gasteiger partial charge >= 0.3 is 0 Å². The van der Waals surface area contributed by atoms with E-state index in [1.165, 1.54) is 38.9 Å². The van der Waals surface area contributed by atoms with Gasteiger partial charge in [0.1, 0.15) is 0 Å². The molecular weight excluding hydrogens is 184 g/mol. The topological polar surface area (TPSA) is 15.3 Å². The van der Waals surface area contributed by atoms with Crippen LogP contribution in [-0.4, -0.2) is 36.6 Å². The van der Waals surface area contributed by atoms with Crippen LogP contribution in [0.4, 0.5) is 0 Å². The molecule has 2 heterocycles. The summed E-state index contributed by atoms with van der Waals surface area (Å²) in [4.78, 5) is 2.78. The molecule has 4 unspecified atom stereocenters. The molecule has 0 aromatic carbocycles. The molecule has 2 aliphatic heterocycles. The first-order valence-electron chi connectivity index (χ1n) is 6.65. The third-order valence-corrected chi connectivity index (χ3v) is 4.36. The summed E-state index contributed by atoms with van der Waals surface area (Å²) in [5.74, 6) is 1.77. The molecule has 2 heteroatoms. The Morgan fingerprint density at radius 1 is 1.13 bits per heavy atom. The van der Waals surface area contributed by atoms with E-state index in [-0.39, 0.29) is 0 Å². The number of likely N-dealkylation sites (tertiary alicyclic amines) is 1. The molecule has 0 amide bonds. The van der Waals surface area contributed by atoms with Gasteiger partial charge < -0.3 is 5.32 Å². The molecule has 2 fully saturated rings. The summed E-state index contributed by atoms with van der Waals surface area (Å²) in [6.45, 7) is 11.0.